The zero-order valence-electron chi connectivity index (χ0n) is 18.0. The monoisotopic (exact) mass is 472 g/mol. The van der Waals surface area contributed by atoms with Crippen LogP contribution in [-0.2, 0) is 11.0 Å². The fourth-order valence-corrected chi connectivity index (χ4v) is 3.93. The summed E-state index contributed by atoms with van der Waals surface area (Å²) in [6.45, 7) is 2.61. The number of para-hydroxylation sites is 1. The van der Waals surface area contributed by atoms with Gasteiger partial charge in [0.15, 0.2) is 5.65 Å². The topological polar surface area (TPSA) is 114 Å². The van der Waals surface area contributed by atoms with E-state index in [2.05, 4.69) is 30.8 Å². The first-order valence-electron chi connectivity index (χ1n) is 10.5. The van der Waals surface area contributed by atoms with Crippen molar-refractivity contribution in [2.75, 3.05) is 23.3 Å². The number of anilines is 2. The van der Waals surface area contributed by atoms with Crippen LogP contribution >= 0.6 is 0 Å². The molecule has 1 fully saturated rings. The van der Waals surface area contributed by atoms with Gasteiger partial charge in [-0.2, -0.15) is 22.7 Å². The fraction of sp³-hybridized carbons (Fsp3) is 0.333. The molecular weight excluding hydrogens is 453 g/mol. The molecule has 0 atom stereocenters. The molecule has 1 saturated heterocycles. The zero-order valence-corrected chi connectivity index (χ0v) is 18.0. The third kappa shape index (κ3) is 4.16. The number of amides is 1. The highest BCUT2D eigenvalue weighted by Gasteiger charge is 2.38. The van der Waals surface area contributed by atoms with Gasteiger partial charge in [-0.25, -0.2) is 0 Å². The summed E-state index contributed by atoms with van der Waals surface area (Å²) in [6.07, 6.45) is -3.63. The predicted molar refractivity (Wildman–Crippen MR) is 114 cm³/mol. The lowest BCUT2D eigenvalue weighted by molar-refractivity contribution is -0.146. The van der Waals surface area contributed by atoms with Gasteiger partial charge in [-0.1, -0.05) is 17.3 Å². The number of hydrogen-bond donors (Lipinski definition) is 1. The first-order chi connectivity index (χ1) is 16.3. The number of aromatic nitrogens is 6. The van der Waals surface area contributed by atoms with Crippen molar-refractivity contribution in [2.45, 2.75) is 25.9 Å². The minimum Gasteiger partial charge on any atom is -0.355 e. The van der Waals surface area contributed by atoms with Gasteiger partial charge in [-0.05, 0) is 37.1 Å². The number of fused-ring (bicyclic) bond motifs is 1. The SMILES string of the molecule is Cc1nc(-c2ccccc2NC(=O)C2CCN(c3ccc4nnc(C(F)(F)F)n4n3)CC2)no1. The number of hydrogen-bond acceptors (Lipinski definition) is 8. The van der Waals surface area contributed by atoms with E-state index in [1.807, 2.05) is 11.0 Å². The van der Waals surface area contributed by atoms with E-state index in [9.17, 15) is 18.0 Å². The van der Waals surface area contributed by atoms with Crippen LogP contribution in [0.15, 0.2) is 40.9 Å². The van der Waals surface area contributed by atoms with E-state index >= 15 is 0 Å². The summed E-state index contributed by atoms with van der Waals surface area (Å²) in [4.78, 5) is 19.0. The summed E-state index contributed by atoms with van der Waals surface area (Å²) in [5.74, 6) is -0.404. The van der Waals surface area contributed by atoms with E-state index in [1.54, 1.807) is 31.2 Å². The quantitative estimate of drug-likeness (QED) is 0.481. The second kappa shape index (κ2) is 8.39. The Morgan fingerprint density at radius 1 is 1.12 bits per heavy atom. The van der Waals surface area contributed by atoms with Crippen LogP contribution in [-0.4, -0.2) is 48.9 Å². The summed E-state index contributed by atoms with van der Waals surface area (Å²) in [7, 11) is 0. The lowest BCUT2D eigenvalue weighted by atomic mass is 9.95. The Hall–Kier alpha value is -4.03. The molecule has 3 aromatic heterocycles. The van der Waals surface area contributed by atoms with Crippen LogP contribution in [0.2, 0.25) is 0 Å². The summed E-state index contributed by atoms with van der Waals surface area (Å²) < 4.78 is 45.2. The molecule has 1 N–H and O–H groups in total. The Kier molecular flexibility index (Phi) is 5.38. The molecule has 5 rings (SSSR count). The predicted octanol–water partition coefficient (Wildman–Crippen LogP) is 3.36. The van der Waals surface area contributed by atoms with Crippen LogP contribution in [0.5, 0.6) is 0 Å². The maximum Gasteiger partial charge on any atom is 0.453 e. The van der Waals surface area contributed by atoms with E-state index in [0.29, 0.717) is 59.2 Å². The molecule has 10 nitrogen and oxygen atoms in total. The van der Waals surface area contributed by atoms with Crippen LogP contribution < -0.4 is 10.2 Å². The number of rotatable bonds is 4. The van der Waals surface area contributed by atoms with Gasteiger partial charge in [0.25, 0.3) is 5.82 Å². The first-order valence-corrected chi connectivity index (χ1v) is 10.5. The summed E-state index contributed by atoms with van der Waals surface area (Å²) in [6, 6.07) is 10.2. The molecule has 1 aliphatic rings. The third-order valence-corrected chi connectivity index (χ3v) is 5.65. The minimum absolute atomic E-state index is 0.0146. The molecule has 0 spiro atoms. The van der Waals surface area contributed by atoms with E-state index < -0.39 is 12.0 Å². The van der Waals surface area contributed by atoms with Gasteiger partial charge in [-0.15, -0.1) is 15.3 Å². The average molecular weight is 472 g/mol. The molecule has 0 radical (unpaired) electrons. The average Bonchev–Trinajstić information content (AvgIpc) is 3.45. The van der Waals surface area contributed by atoms with Gasteiger partial charge in [0.05, 0.1) is 5.69 Å². The maximum absolute atomic E-state index is 13.1. The van der Waals surface area contributed by atoms with Crippen molar-refractivity contribution in [1.29, 1.82) is 0 Å². The van der Waals surface area contributed by atoms with Crippen molar-refractivity contribution in [1.82, 2.24) is 30.0 Å². The summed E-state index contributed by atoms with van der Waals surface area (Å²) >= 11 is 0. The van der Waals surface area contributed by atoms with Gasteiger partial charge in [0.2, 0.25) is 17.6 Å². The molecule has 13 heteroatoms. The van der Waals surface area contributed by atoms with Crippen LogP contribution in [0.4, 0.5) is 24.7 Å². The molecular formula is C21H19F3N8O2. The second-order valence-corrected chi connectivity index (χ2v) is 7.92. The summed E-state index contributed by atoms with van der Waals surface area (Å²) in [5, 5.41) is 17.7. The molecule has 4 heterocycles. The van der Waals surface area contributed by atoms with Crippen molar-refractivity contribution >= 4 is 23.1 Å². The third-order valence-electron chi connectivity index (χ3n) is 5.65. The van der Waals surface area contributed by atoms with E-state index in [-0.39, 0.29) is 17.5 Å². The summed E-state index contributed by atoms with van der Waals surface area (Å²) in [5.41, 5.74) is 1.24. The molecule has 1 aliphatic heterocycles. The highest BCUT2D eigenvalue weighted by molar-refractivity contribution is 5.96. The highest BCUT2D eigenvalue weighted by atomic mass is 19.4. The van der Waals surface area contributed by atoms with E-state index in [4.69, 9.17) is 4.52 Å². The van der Waals surface area contributed by atoms with Gasteiger partial charge in [0, 0.05) is 31.5 Å². The van der Waals surface area contributed by atoms with Gasteiger partial charge in [-0.3, -0.25) is 4.79 Å². The maximum atomic E-state index is 13.1. The smallest absolute Gasteiger partial charge is 0.355 e. The van der Waals surface area contributed by atoms with Gasteiger partial charge >= 0.3 is 6.18 Å². The number of carbonyl (C=O) groups excluding carboxylic acids is 1. The van der Waals surface area contributed by atoms with Crippen molar-refractivity contribution in [3.05, 3.63) is 48.1 Å². The normalized spacial score (nSPS) is 15.1. The Morgan fingerprint density at radius 2 is 1.88 bits per heavy atom. The van der Waals surface area contributed by atoms with Gasteiger partial charge < -0.3 is 14.7 Å². The van der Waals surface area contributed by atoms with Crippen LogP contribution in [0, 0.1) is 12.8 Å². The fourth-order valence-electron chi connectivity index (χ4n) is 3.93. The van der Waals surface area contributed by atoms with Crippen molar-refractivity contribution in [3.8, 4) is 11.4 Å². The number of carbonyl (C=O) groups is 1. The van der Waals surface area contributed by atoms with Crippen LogP contribution in [0.25, 0.3) is 17.0 Å². The van der Waals surface area contributed by atoms with E-state index in [0.717, 1.165) is 0 Å². The molecule has 0 bridgehead atoms. The number of benzene rings is 1. The Balaban J connectivity index is 1.27. The molecule has 0 aliphatic carbocycles. The number of nitrogens with zero attached hydrogens (tertiary/aromatic N) is 7. The number of aryl methyl sites for hydroxylation is 1. The number of nitrogens with one attached hydrogen (secondary N) is 1. The highest BCUT2D eigenvalue weighted by Crippen LogP contribution is 2.30. The molecule has 176 valence electrons. The van der Waals surface area contributed by atoms with Crippen LogP contribution in [0.3, 0.4) is 0 Å². The second-order valence-electron chi connectivity index (χ2n) is 7.92. The first kappa shape index (κ1) is 21.8. The lowest BCUT2D eigenvalue weighted by Gasteiger charge is -2.32. The standard InChI is InChI=1S/C21H19F3N8O2/c1-12-25-18(30-34-12)14-4-2-3-5-15(14)26-19(33)13-8-10-31(11-9-13)17-7-6-16-27-28-20(21(22,23)24)32(16)29-17/h2-7,13H,8-11H2,1H3,(H,26,33). The lowest BCUT2D eigenvalue weighted by Crippen LogP contribution is -2.38. The van der Waals surface area contributed by atoms with Crippen molar-refractivity contribution < 1.29 is 22.5 Å². The number of alkyl halides is 3. The number of halogens is 3. The van der Waals surface area contributed by atoms with Crippen molar-refractivity contribution in [3.63, 3.8) is 0 Å². The molecule has 4 aromatic rings. The molecule has 1 aromatic carbocycles. The van der Waals surface area contributed by atoms with E-state index in [1.165, 1.54) is 6.07 Å². The molecule has 1 amide bonds. The Labute approximate surface area is 190 Å². The zero-order chi connectivity index (χ0) is 23.9. The molecule has 0 saturated carbocycles. The Morgan fingerprint density at radius 3 is 2.59 bits per heavy atom. The molecule has 0 unspecified atom stereocenters. The molecule has 34 heavy (non-hydrogen) atoms. The van der Waals surface area contributed by atoms with Crippen molar-refractivity contribution in [2.24, 2.45) is 5.92 Å². The van der Waals surface area contributed by atoms with Gasteiger partial charge in [0.1, 0.15) is 5.82 Å². The minimum atomic E-state index is -4.66. The largest absolute Gasteiger partial charge is 0.453 e. The number of piperidine rings is 1. The van der Waals surface area contributed by atoms with Crippen LogP contribution in [0.1, 0.15) is 24.6 Å². The Bertz CT molecular complexity index is 1340.